The van der Waals surface area contributed by atoms with Gasteiger partial charge in [-0.3, -0.25) is 4.79 Å². The average Bonchev–Trinajstić information content (AvgIpc) is 3.48. The minimum absolute atomic E-state index is 0.200. The highest BCUT2D eigenvalue weighted by Crippen LogP contribution is 2.28. The maximum Gasteiger partial charge on any atom is 0.291 e. The van der Waals surface area contributed by atoms with Crippen molar-refractivity contribution in [3.05, 3.63) is 90.2 Å². The molecule has 0 bridgehead atoms. The lowest BCUT2D eigenvalue weighted by molar-refractivity contribution is 0.0995. The molecule has 2 aromatic heterocycles. The fourth-order valence-corrected chi connectivity index (χ4v) is 3.90. The smallest absolute Gasteiger partial charge is 0.291 e. The molecule has 0 radical (unpaired) electrons. The third kappa shape index (κ3) is 4.31. The van der Waals surface area contributed by atoms with E-state index >= 15 is 0 Å². The number of hydrogen-bond acceptors (Lipinski definition) is 7. The van der Waals surface area contributed by atoms with Gasteiger partial charge in [0.05, 0.1) is 5.69 Å². The fraction of sp³-hybridized carbons (Fsp3) is 0.0833. The molecule has 3 aromatic carbocycles. The molecule has 8 nitrogen and oxygen atoms in total. The largest absolute Gasteiger partial charge is 0.489 e. The molecule has 33 heavy (non-hydrogen) atoms. The van der Waals surface area contributed by atoms with E-state index in [1.807, 2.05) is 73.0 Å². The van der Waals surface area contributed by atoms with Crippen LogP contribution in [0.25, 0.3) is 16.7 Å². The summed E-state index contributed by atoms with van der Waals surface area (Å²) in [5, 5.41) is 16.1. The van der Waals surface area contributed by atoms with Crippen LogP contribution in [0.2, 0.25) is 0 Å². The van der Waals surface area contributed by atoms with E-state index in [4.69, 9.17) is 9.15 Å². The zero-order chi connectivity index (χ0) is 22.6. The van der Waals surface area contributed by atoms with Crippen molar-refractivity contribution in [2.24, 2.45) is 0 Å². The summed E-state index contributed by atoms with van der Waals surface area (Å²) in [6, 6.07) is 24.3. The SMILES string of the molecule is CSc1nnnn1-c1cccc(NC(=O)c2oc3ccccc3c2COc2ccccc2)c1. The van der Waals surface area contributed by atoms with Crippen LogP contribution in [-0.4, -0.2) is 32.4 Å². The third-order valence-corrected chi connectivity index (χ3v) is 5.62. The number of fused-ring (bicyclic) bond motifs is 1. The summed E-state index contributed by atoms with van der Waals surface area (Å²) >= 11 is 1.43. The maximum atomic E-state index is 13.2. The van der Waals surface area contributed by atoms with Crippen LogP contribution in [0.1, 0.15) is 16.1 Å². The lowest BCUT2D eigenvalue weighted by Gasteiger charge is -2.09. The number of para-hydroxylation sites is 2. The van der Waals surface area contributed by atoms with Crippen LogP contribution < -0.4 is 10.1 Å². The Kier molecular flexibility index (Phi) is 5.77. The highest BCUT2D eigenvalue weighted by atomic mass is 32.2. The van der Waals surface area contributed by atoms with Crippen LogP contribution in [0.3, 0.4) is 0 Å². The van der Waals surface area contributed by atoms with Gasteiger partial charge in [-0.15, -0.1) is 5.10 Å². The average molecular weight is 458 g/mol. The highest BCUT2D eigenvalue weighted by molar-refractivity contribution is 7.98. The number of hydrogen-bond donors (Lipinski definition) is 1. The first-order valence-corrected chi connectivity index (χ1v) is 11.4. The van der Waals surface area contributed by atoms with Crippen molar-refractivity contribution in [2.75, 3.05) is 11.6 Å². The Balaban J connectivity index is 1.43. The van der Waals surface area contributed by atoms with Crippen LogP contribution in [0.5, 0.6) is 5.75 Å². The van der Waals surface area contributed by atoms with Gasteiger partial charge in [-0.1, -0.05) is 54.2 Å². The number of thioether (sulfide) groups is 1. The third-order valence-electron chi connectivity index (χ3n) is 5.00. The van der Waals surface area contributed by atoms with Gasteiger partial charge in [0.2, 0.25) is 5.16 Å². The predicted octanol–water partition coefficient (Wildman–Crippen LogP) is 4.96. The van der Waals surface area contributed by atoms with Crippen molar-refractivity contribution in [3.63, 3.8) is 0 Å². The first-order chi connectivity index (χ1) is 16.2. The molecule has 0 fully saturated rings. The number of aromatic nitrogens is 4. The van der Waals surface area contributed by atoms with Gasteiger partial charge in [-0.25, -0.2) is 0 Å². The van der Waals surface area contributed by atoms with Crippen molar-refractivity contribution in [2.45, 2.75) is 11.8 Å². The molecule has 5 rings (SSSR count). The number of carbonyl (C=O) groups is 1. The number of nitrogens with zero attached hydrogens (tertiary/aromatic N) is 4. The topological polar surface area (TPSA) is 95.1 Å². The molecule has 0 aliphatic heterocycles. The second kappa shape index (κ2) is 9.17. The number of amides is 1. The van der Waals surface area contributed by atoms with Crippen molar-refractivity contribution < 1.29 is 13.9 Å². The van der Waals surface area contributed by atoms with Crippen LogP contribution >= 0.6 is 11.8 Å². The number of anilines is 1. The number of benzene rings is 3. The normalized spacial score (nSPS) is 10.9. The summed E-state index contributed by atoms with van der Waals surface area (Å²) in [7, 11) is 0. The fourth-order valence-electron chi connectivity index (χ4n) is 3.47. The molecule has 0 aliphatic carbocycles. The molecule has 1 N–H and O–H groups in total. The Labute approximate surface area is 193 Å². The number of tetrazole rings is 1. The molecule has 1 amide bonds. The standard InChI is InChI=1S/C24H19N5O3S/c1-33-24-26-27-28-29(24)17-9-7-8-16(14-17)25-23(30)22-20(15-31-18-10-3-2-4-11-18)19-12-5-6-13-21(19)32-22/h2-14H,15H2,1H3,(H,25,30). The van der Waals surface area contributed by atoms with Crippen LogP contribution in [0, 0.1) is 0 Å². The molecule has 9 heteroatoms. The van der Waals surface area contributed by atoms with Crippen LogP contribution in [-0.2, 0) is 6.61 Å². The molecule has 5 aromatic rings. The van der Waals surface area contributed by atoms with Crippen molar-refractivity contribution in [1.29, 1.82) is 0 Å². The number of ether oxygens (including phenoxy) is 1. The van der Waals surface area contributed by atoms with E-state index in [9.17, 15) is 4.79 Å². The van der Waals surface area contributed by atoms with E-state index < -0.39 is 0 Å². The Morgan fingerprint density at radius 1 is 1.06 bits per heavy atom. The number of rotatable bonds is 7. The maximum absolute atomic E-state index is 13.2. The summed E-state index contributed by atoms with van der Waals surface area (Å²) in [4.78, 5) is 13.2. The summed E-state index contributed by atoms with van der Waals surface area (Å²) in [6.45, 7) is 0.200. The van der Waals surface area contributed by atoms with E-state index in [1.54, 1.807) is 16.8 Å². The highest BCUT2D eigenvalue weighted by Gasteiger charge is 2.21. The van der Waals surface area contributed by atoms with Gasteiger partial charge in [-0.05, 0) is 53.1 Å². The molecule has 0 aliphatic rings. The molecule has 0 saturated heterocycles. The molecule has 0 spiro atoms. The molecule has 2 heterocycles. The van der Waals surface area contributed by atoms with Crippen LogP contribution in [0.4, 0.5) is 5.69 Å². The van der Waals surface area contributed by atoms with Crippen LogP contribution in [0.15, 0.2) is 88.4 Å². The van der Waals surface area contributed by atoms with Gasteiger partial charge >= 0.3 is 0 Å². The van der Waals surface area contributed by atoms with Gasteiger partial charge in [0, 0.05) is 16.6 Å². The quantitative estimate of drug-likeness (QED) is 0.345. The Bertz CT molecular complexity index is 1410. The summed E-state index contributed by atoms with van der Waals surface area (Å²) in [5.74, 6) is 0.564. The Morgan fingerprint density at radius 2 is 1.88 bits per heavy atom. The first-order valence-electron chi connectivity index (χ1n) is 10.2. The minimum Gasteiger partial charge on any atom is -0.489 e. The van der Waals surface area contributed by atoms with E-state index in [1.165, 1.54) is 11.8 Å². The summed E-state index contributed by atoms with van der Waals surface area (Å²) in [6.07, 6.45) is 1.90. The predicted molar refractivity (Wildman–Crippen MR) is 126 cm³/mol. The van der Waals surface area contributed by atoms with Crippen molar-refractivity contribution >= 4 is 34.3 Å². The summed E-state index contributed by atoms with van der Waals surface area (Å²) < 4.78 is 13.5. The van der Waals surface area contributed by atoms with Gasteiger partial charge in [0.15, 0.2) is 5.76 Å². The number of furan rings is 1. The molecule has 164 valence electrons. The van der Waals surface area contributed by atoms with Gasteiger partial charge in [0.25, 0.3) is 5.91 Å². The molecular formula is C24H19N5O3S. The zero-order valence-electron chi connectivity index (χ0n) is 17.6. The molecule has 0 saturated carbocycles. The lowest BCUT2D eigenvalue weighted by Crippen LogP contribution is -2.14. The molecular weight excluding hydrogens is 438 g/mol. The lowest BCUT2D eigenvalue weighted by atomic mass is 10.1. The number of nitrogens with one attached hydrogen (secondary N) is 1. The monoisotopic (exact) mass is 457 g/mol. The second-order valence-corrected chi connectivity index (χ2v) is 7.86. The zero-order valence-corrected chi connectivity index (χ0v) is 18.5. The van der Waals surface area contributed by atoms with Gasteiger partial charge < -0.3 is 14.5 Å². The number of carbonyl (C=O) groups excluding carboxylic acids is 1. The minimum atomic E-state index is -0.364. The van der Waals surface area contributed by atoms with Gasteiger partial charge in [-0.2, -0.15) is 4.68 Å². The van der Waals surface area contributed by atoms with E-state index in [2.05, 4.69) is 20.8 Å². The van der Waals surface area contributed by atoms with E-state index in [0.717, 1.165) is 11.1 Å². The second-order valence-electron chi connectivity index (χ2n) is 7.09. The Morgan fingerprint density at radius 3 is 2.73 bits per heavy atom. The van der Waals surface area contributed by atoms with Gasteiger partial charge in [0.1, 0.15) is 17.9 Å². The molecule has 0 unspecified atom stereocenters. The van der Waals surface area contributed by atoms with Crippen molar-refractivity contribution in [1.82, 2.24) is 20.2 Å². The van der Waals surface area contributed by atoms with E-state index in [-0.39, 0.29) is 18.3 Å². The molecule has 0 atom stereocenters. The van der Waals surface area contributed by atoms with Crippen molar-refractivity contribution in [3.8, 4) is 11.4 Å². The summed E-state index contributed by atoms with van der Waals surface area (Å²) in [5.41, 5.74) is 2.64. The van der Waals surface area contributed by atoms with E-state index in [0.29, 0.717) is 27.7 Å². The first kappa shape index (κ1) is 20.8. The Hall–Kier alpha value is -4.11.